The van der Waals surface area contributed by atoms with Crippen LogP contribution in [0.2, 0.25) is 0 Å². The van der Waals surface area contributed by atoms with Gasteiger partial charge in [0, 0.05) is 0 Å². The molecule has 0 bridgehead atoms. The standard InChI is InChI=1S/C10H8.C6H6O.H2O4S/c1-2-6-10-8-4-3-7-9(10)5-1;7-6-4-2-1-3-5-6;1-5(2,3)4/h1-8H;1-5,7H;(H2,1,2,3,4). The maximum atomic E-state index is 8.74. The molecule has 0 unspecified atom stereocenters. The first-order chi connectivity index (χ1) is 10.4. The van der Waals surface area contributed by atoms with Crippen LogP contribution in [0.15, 0.2) is 78.9 Å². The van der Waals surface area contributed by atoms with Gasteiger partial charge in [0.05, 0.1) is 0 Å². The third-order valence-corrected chi connectivity index (χ3v) is 2.41. The van der Waals surface area contributed by atoms with Gasteiger partial charge in [-0.3, -0.25) is 9.11 Å². The van der Waals surface area contributed by atoms with Crippen molar-refractivity contribution in [1.82, 2.24) is 0 Å². The Labute approximate surface area is 129 Å². The average molecular weight is 320 g/mol. The minimum atomic E-state index is -4.67. The van der Waals surface area contributed by atoms with Gasteiger partial charge in [0.1, 0.15) is 5.75 Å². The van der Waals surface area contributed by atoms with Crippen molar-refractivity contribution in [3.05, 3.63) is 78.9 Å². The Hall–Kier alpha value is -2.41. The number of hydrogen-bond acceptors (Lipinski definition) is 3. The number of hydrogen-bond donors (Lipinski definition) is 3. The van der Waals surface area contributed by atoms with Gasteiger partial charge in [0.15, 0.2) is 0 Å². The molecule has 116 valence electrons. The number of aromatic hydroxyl groups is 1. The molecule has 5 nitrogen and oxygen atoms in total. The summed E-state index contributed by atoms with van der Waals surface area (Å²) >= 11 is 0. The van der Waals surface area contributed by atoms with E-state index in [0.29, 0.717) is 5.75 Å². The van der Waals surface area contributed by atoms with Crippen LogP contribution in [0.3, 0.4) is 0 Å². The number of phenols is 1. The highest BCUT2D eigenvalue weighted by Gasteiger charge is 1.85. The summed E-state index contributed by atoms with van der Waals surface area (Å²) in [7, 11) is -4.67. The minimum absolute atomic E-state index is 0.322. The second-order valence-electron chi connectivity index (χ2n) is 4.13. The molecule has 3 N–H and O–H groups in total. The predicted octanol–water partition coefficient (Wildman–Crippen LogP) is 3.58. The largest absolute Gasteiger partial charge is 0.508 e. The number of phenolic OH excluding ortho intramolecular Hbond substituents is 1. The summed E-state index contributed by atoms with van der Waals surface area (Å²) in [5, 5.41) is 11.3. The molecule has 0 amide bonds. The van der Waals surface area contributed by atoms with Crippen LogP contribution < -0.4 is 0 Å². The van der Waals surface area contributed by atoms with Gasteiger partial charge in [0.25, 0.3) is 0 Å². The SMILES string of the molecule is O=S(=O)(O)O.Oc1ccccc1.c1ccc2ccccc2c1. The highest BCUT2D eigenvalue weighted by atomic mass is 32.3. The van der Waals surface area contributed by atoms with Gasteiger partial charge in [-0.15, -0.1) is 0 Å². The molecular formula is C16H16O5S. The molecule has 0 atom stereocenters. The second-order valence-corrected chi connectivity index (χ2v) is 5.03. The lowest BCUT2D eigenvalue weighted by atomic mass is 10.1. The molecule has 0 aliphatic rings. The predicted molar refractivity (Wildman–Crippen MR) is 86.2 cm³/mol. The van der Waals surface area contributed by atoms with Gasteiger partial charge in [-0.1, -0.05) is 66.7 Å². The Morgan fingerprint density at radius 3 is 1.09 bits per heavy atom. The van der Waals surface area contributed by atoms with Crippen molar-refractivity contribution >= 4 is 21.2 Å². The van der Waals surface area contributed by atoms with Crippen LogP contribution in [0, 0.1) is 0 Å². The Bertz CT molecular complexity index is 712. The fourth-order valence-electron chi connectivity index (χ4n) is 1.56. The second kappa shape index (κ2) is 8.78. The molecule has 0 fully saturated rings. The van der Waals surface area contributed by atoms with Gasteiger partial charge in [-0.25, -0.2) is 0 Å². The molecule has 0 aromatic heterocycles. The zero-order chi connectivity index (χ0) is 16.4. The molecule has 6 heteroatoms. The average Bonchev–Trinajstić information content (AvgIpc) is 2.47. The fraction of sp³-hybridized carbons (Fsp3) is 0. The first kappa shape index (κ1) is 17.6. The molecule has 0 aliphatic heterocycles. The molecule has 0 saturated carbocycles. The summed E-state index contributed by atoms with van der Waals surface area (Å²) in [6.07, 6.45) is 0. The number of rotatable bonds is 0. The van der Waals surface area contributed by atoms with Gasteiger partial charge < -0.3 is 5.11 Å². The number of para-hydroxylation sites is 1. The van der Waals surface area contributed by atoms with Crippen LogP contribution in [0.5, 0.6) is 5.75 Å². The van der Waals surface area contributed by atoms with E-state index in [4.69, 9.17) is 22.6 Å². The van der Waals surface area contributed by atoms with E-state index in [9.17, 15) is 0 Å². The summed E-state index contributed by atoms with van der Waals surface area (Å²) in [5.41, 5.74) is 0. The molecule has 0 heterocycles. The zero-order valence-electron chi connectivity index (χ0n) is 11.6. The van der Waals surface area contributed by atoms with Crippen LogP contribution in [-0.4, -0.2) is 22.6 Å². The number of fused-ring (bicyclic) bond motifs is 1. The third-order valence-electron chi connectivity index (χ3n) is 2.41. The van der Waals surface area contributed by atoms with Gasteiger partial charge in [0.2, 0.25) is 0 Å². The van der Waals surface area contributed by atoms with Crippen LogP contribution in [0.25, 0.3) is 10.8 Å². The van der Waals surface area contributed by atoms with E-state index in [2.05, 4.69) is 48.5 Å². The Kier molecular flexibility index (Phi) is 7.04. The van der Waals surface area contributed by atoms with Gasteiger partial charge >= 0.3 is 10.4 Å². The first-order valence-corrected chi connectivity index (χ1v) is 7.63. The number of benzene rings is 3. The van der Waals surface area contributed by atoms with E-state index in [1.165, 1.54) is 10.8 Å². The van der Waals surface area contributed by atoms with E-state index in [-0.39, 0.29) is 0 Å². The van der Waals surface area contributed by atoms with Crippen molar-refractivity contribution < 1.29 is 22.6 Å². The lowest BCUT2D eigenvalue weighted by molar-refractivity contribution is 0.381. The van der Waals surface area contributed by atoms with Crippen molar-refractivity contribution in [2.24, 2.45) is 0 Å². The van der Waals surface area contributed by atoms with Gasteiger partial charge in [-0.2, -0.15) is 8.42 Å². The zero-order valence-corrected chi connectivity index (χ0v) is 12.4. The summed E-state index contributed by atoms with van der Waals surface area (Å²) < 4.78 is 31.6. The van der Waals surface area contributed by atoms with E-state index >= 15 is 0 Å². The van der Waals surface area contributed by atoms with Crippen molar-refractivity contribution in [2.45, 2.75) is 0 Å². The Morgan fingerprint density at radius 1 is 0.591 bits per heavy atom. The van der Waals surface area contributed by atoms with E-state index in [0.717, 1.165) is 0 Å². The minimum Gasteiger partial charge on any atom is -0.508 e. The lowest BCUT2D eigenvalue weighted by Crippen LogP contribution is -1.89. The lowest BCUT2D eigenvalue weighted by Gasteiger charge is -1.92. The molecule has 0 spiro atoms. The molecule has 0 saturated heterocycles. The normalized spacial score (nSPS) is 9.91. The van der Waals surface area contributed by atoms with Crippen molar-refractivity contribution in [2.75, 3.05) is 0 Å². The molecule has 22 heavy (non-hydrogen) atoms. The van der Waals surface area contributed by atoms with Crippen LogP contribution >= 0.6 is 0 Å². The maximum Gasteiger partial charge on any atom is 0.394 e. The van der Waals surface area contributed by atoms with E-state index in [1.807, 2.05) is 6.07 Å². The quantitative estimate of drug-likeness (QED) is 0.550. The van der Waals surface area contributed by atoms with Crippen molar-refractivity contribution in [1.29, 1.82) is 0 Å². The fourth-order valence-corrected chi connectivity index (χ4v) is 1.56. The molecule has 3 rings (SSSR count). The summed E-state index contributed by atoms with van der Waals surface area (Å²) in [6.45, 7) is 0. The van der Waals surface area contributed by atoms with E-state index < -0.39 is 10.4 Å². The van der Waals surface area contributed by atoms with Gasteiger partial charge in [-0.05, 0) is 22.9 Å². The Balaban J connectivity index is 0.000000178. The monoisotopic (exact) mass is 320 g/mol. The smallest absolute Gasteiger partial charge is 0.394 e. The van der Waals surface area contributed by atoms with Crippen molar-refractivity contribution in [3.63, 3.8) is 0 Å². The highest BCUT2D eigenvalue weighted by Crippen LogP contribution is 2.11. The maximum absolute atomic E-state index is 8.74. The third kappa shape index (κ3) is 8.70. The molecule has 0 radical (unpaired) electrons. The highest BCUT2D eigenvalue weighted by molar-refractivity contribution is 7.79. The molecular weight excluding hydrogens is 304 g/mol. The summed E-state index contributed by atoms with van der Waals surface area (Å²) in [4.78, 5) is 0. The first-order valence-electron chi connectivity index (χ1n) is 6.24. The van der Waals surface area contributed by atoms with Crippen LogP contribution in [0.1, 0.15) is 0 Å². The Morgan fingerprint density at radius 2 is 0.864 bits per heavy atom. The molecule has 0 aliphatic carbocycles. The van der Waals surface area contributed by atoms with Crippen LogP contribution in [-0.2, 0) is 10.4 Å². The topological polar surface area (TPSA) is 94.8 Å². The molecule has 3 aromatic rings. The van der Waals surface area contributed by atoms with Crippen molar-refractivity contribution in [3.8, 4) is 5.75 Å². The van der Waals surface area contributed by atoms with E-state index in [1.54, 1.807) is 24.3 Å². The summed E-state index contributed by atoms with van der Waals surface area (Å²) in [6, 6.07) is 25.4. The summed E-state index contributed by atoms with van der Waals surface area (Å²) in [5.74, 6) is 0.322. The molecule has 3 aromatic carbocycles. The van der Waals surface area contributed by atoms with Crippen LogP contribution in [0.4, 0.5) is 0 Å².